The van der Waals surface area contributed by atoms with Crippen molar-refractivity contribution >= 4 is 33.1 Å². The molecule has 2 N–H and O–H groups in total. The molecule has 0 aliphatic rings. The fourth-order valence-corrected chi connectivity index (χ4v) is 3.56. The zero-order valence-electron chi connectivity index (χ0n) is 12.2. The third-order valence-electron chi connectivity index (χ3n) is 3.20. The van der Waals surface area contributed by atoms with Crippen molar-refractivity contribution in [3.63, 3.8) is 0 Å². The van der Waals surface area contributed by atoms with Gasteiger partial charge in [-0.2, -0.15) is 0 Å². The highest BCUT2D eigenvalue weighted by Crippen LogP contribution is 2.26. The molecule has 2 aromatic carbocycles. The molecule has 7 nitrogen and oxygen atoms in total. The molecule has 0 saturated heterocycles. The summed E-state index contributed by atoms with van der Waals surface area (Å²) in [5.41, 5.74) is 0. The summed E-state index contributed by atoms with van der Waals surface area (Å²) in [6.45, 7) is 0. The van der Waals surface area contributed by atoms with E-state index in [0.717, 1.165) is 0 Å². The second kappa shape index (κ2) is 6.76. The zero-order valence-corrected chi connectivity index (χ0v) is 13.0. The van der Waals surface area contributed by atoms with Crippen molar-refractivity contribution in [1.82, 2.24) is 4.72 Å². The van der Waals surface area contributed by atoms with Crippen LogP contribution in [0.5, 0.6) is 5.75 Å². The number of sulfonamides is 1. The number of fused-ring (bicyclic) bond motifs is 1. The molecule has 0 amide bonds. The van der Waals surface area contributed by atoms with Gasteiger partial charge in [-0.15, -0.1) is 0 Å². The quantitative estimate of drug-likeness (QED) is 0.734. The van der Waals surface area contributed by atoms with E-state index in [-0.39, 0.29) is 11.2 Å². The number of aliphatic carboxylic acids is 1. The molecule has 0 radical (unpaired) electrons. The van der Waals surface area contributed by atoms with Crippen molar-refractivity contribution in [2.24, 2.45) is 0 Å². The molecule has 0 aromatic heterocycles. The third-order valence-corrected chi connectivity index (χ3v) is 4.75. The lowest BCUT2D eigenvalue weighted by Gasteiger charge is -2.13. The molecule has 0 aliphatic heterocycles. The lowest BCUT2D eigenvalue weighted by Crippen LogP contribution is -2.37. The van der Waals surface area contributed by atoms with Gasteiger partial charge in [-0.1, -0.05) is 12.1 Å². The Balaban J connectivity index is 2.45. The van der Waals surface area contributed by atoms with Crippen LogP contribution >= 0.6 is 0 Å². The molecule has 1 atom stereocenters. The van der Waals surface area contributed by atoms with Gasteiger partial charge in [0, 0.05) is 5.39 Å². The number of benzene rings is 2. The van der Waals surface area contributed by atoms with Gasteiger partial charge >= 0.3 is 5.97 Å². The van der Waals surface area contributed by atoms with E-state index in [1.165, 1.54) is 13.2 Å². The van der Waals surface area contributed by atoms with Crippen LogP contribution in [0.3, 0.4) is 0 Å². The Labute approximate surface area is 132 Å². The molecule has 0 unspecified atom stereocenters. The number of hydrogen-bond donors (Lipinski definition) is 2. The molecule has 0 bridgehead atoms. The summed E-state index contributed by atoms with van der Waals surface area (Å²) in [4.78, 5) is 21.5. The molecule has 2 rings (SSSR count). The number of ether oxygens (including phenoxy) is 1. The Morgan fingerprint density at radius 1 is 1.35 bits per heavy atom. The van der Waals surface area contributed by atoms with E-state index in [0.29, 0.717) is 16.5 Å². The standard InChI is InChI=1S/C15H15NO6S/c1-22-12-5-6-13-10(7-12)3-2-4-14(13)23(20,21)16-11(9-17)8-15(18)19/h2-7,9,11,16H,8H2,1H3,(H,18,19)/t11-/m0/s1. The van der Waals surface area contributed by atoms with Gasteiger partial charge in [0.05, 0.1) is 24.5 Å². The van der Waals surface area contributed by atoms with Gasteiger partial charge in [-0.25, -0.2) is 13.1 Å². The number of carboxylic acids is 1. The second-order valence-corrected chi connectivity index (χ2v) is 6.49. The molecular weight excluding hydrogens is 322 g/mol. The highest BCUT2D eigenvalue weighted by atomic mass is 32.2. The van der Waals surface area contributed by atoms with Crippen LogP contribution in [0.4, 0.5) is 0 Å². The average Bonchev–Trinajstić information content (AvgIpc) is 2.52. The van der Waals surface area contributed by atoms with Gasteiger partial charge in [0.25, 0.3) is 0 Å². The van der Waals surface area contributed by atoms with Gasteiger partial charge in [-0.05, 0) is 29.7 Å². The Morgan fingerprint density at radius 2 is 2.09 bits per heavy atom. The van der Waals surface area contributed by atoms with Crippen LogP contribution in [0, 0.1) is 0 Å². The Morgan fingerprint density at radius 3 is 2.70 bits per heavy atom. The number of aldehydes is 1. The SMILES string of the molecule is COc1ccc2c(S(=O)(=O)N[C@H](C=O)CC(=O)O)cccc2c1. The monoisotopic (exact) mass is 337 g/mol. The predicted molar refractivity (Wildman–Crippen MR) is 82.9 cm³/mol. The zero-order chi connectivity index (χ0) is 17.0. The number of carbonyl (C=O) groups excluding carboxylic acids is 1. The minimum Gasteiger partial charge on any atom is -0.497 e. The van der Waals surface area contributed by atoms with E-state index in [9.17, 15) is 18.0 Å². The minimum absolute atomic E-state index is 0.0325. The first-order chi connectivity index (χ1) is 10.9. The molecular formula is C15H15NO6S. The first kappa shape index (κ1) is 16.9. The highest BCUT2D eigenvalue weighted by Gasteiger charge is 2.23. The van der Waals surface area contributed by atoms with Crippen molar-refractivity contribution < 1.29 is 27.9 Å². The summed E-state index contributed by atoms with van der Waals surface area (Å²) in [5.74, 6) is -0.691. The van der Waals surface area contributed by atoms with Crippen LogP contribution in [0.1, 0.15) is 6.42 Å². The van der Waals surface area contributed by atoms with Crippen LogP contribution in [0.15, 0.2) is 41.3 Å². The number of carbonyl (C=O) groups is 2. The minimum atomic E-state index is -4.05. The van der Waals surface area contributed by atoms with Gasteiger partial charge in [0.15, 0.2) is 0 Å². The van der Waals surface area contributed by atoms with Gasteiger partial charge < -0.3 is 14.6 Å². The maximum absolute atomic E-state index is 12.5. The first-order valence-corrected chi connectivity index (χ1v) is 8.12. The Bertz CT molecular complexity index is 846. The maximum atomic E-state index is 12.5. The van der Waals surface area contributed by atoms with E-state index in [2.05, 4.69) is 4.72 Å². The molecule has 0 saturated carbocycles. The van der Waals surface area contributed by atoms with E-state index >= 15 is 0 Å². The summed E-state index contributed by atoms with van der Waals surface area (Å²) < 4.78 is 32.1. The van der Waals surface area contributed by atoms with Crippen LogP contribution in [-0.2, 0) is 19.6 Å². The second-order valence-electron chi connectivity index (χ2n) is 4.80. The van der Waals surface area contributed by atoms with E-state index < -0.39 is 28.5 Å². The highest BCUT2D eigenvalue weighted by molar-refractivity contribution is 7.89. The summed E-state index contributed by atoms with van der Waals surface area (Å²) >= 11 is 0. The lowest BCUT2D eigenvalue weighted by atomic mass is 10.1. The van der Waals surface area contributed by atoms with Crippen LogP contribution < -0.4 is 9.46 Å². The summed E-state index contributed by atoms with van der Waals surface area (Å²) in [6, 6.07) is 8.24. The summed E-state index contributed by atoms with van der Waals surface area (Å²) in [5, 5.41) is 9.80. The molecule has 23 heavy (non-hydrogen) atoms. The van der Waals surface area contributed by atoms with Gasteiger partial charge in [-0.3, -0.25) is 4.79 Å². The van der Waals surface area contributed by atoms with E-state index in [1.54, 1.807) is 30.3 Å². The fourth-order valence-electron chi connectivity index (χ4n) is 2.16. The molecule has 122 valence electrons. The van der Waals surface area contributed by atoms with E-state index in [1.807, 2.05) is 0 Å². The largest absolute Gasteiger partial charge is 0.497 e. The van der Waals surface area contributed by atoms with Gasteiger partial charge in [0.1, 0.15) is 12.0 Å². The van der Waals surface area contributed by atoms with E-state index in [4.69, 9.17) is 9.84 Å². The van der Waals surface area contributed by atoms with Crippen molar-refractivity contribution in [2.75, 3.05) is 7.11 Å². The van der Waals surface area contributed by atoms with Crippen LogP contribution in [-0.4, -0.2) is 38.9 Å². The molecule has 2 aromatic rings. The molecule has 0 fully saturated rings. The number of rotatable bonds is 7. The summed E-state index contributed by atoms with van der Waals surface area (Å²) in [6.07, 6.45) is -0.360. The number of methoxy groups -OCH3 is 1. The Hall–Kier alpha value is -2.45. The van der Waals surface area contributed by atoms with Crippen molar-refractivity contribution in [3.8, 4) is 5.75 Å². The number of carboxylic acid groups (broad SMARTS) is 1. The average molecular weight is 337 g/mol. The molecule has 0 heterocycles. The third kappa shape index (κ3) is 3.85. The summed E-state index contributed by atoms with van der Waals surface area (Å²) in [7, 11) is -2.54. The molecule has 8 heteroatoms. The predicted octanol–water partition coefficient (Wildman–Crippen LogP) is 1.17. The normalized spacial score (nSPS) is 12.7. The topological polar surface area (TPSA) is 110 Å². The van der Waals surface area contributed by atoms with Crippen LogP contribution in [0.25, 0.3) is 10.8 Å². The fraction of sp³-hybridized carbons (Fsp3) is 0.200. The lowest BCUT2D eigenvalue weighted by molar-refractivity contribution is -0.138. The Kier molecular flexibility index (Phi) is 4.97. The molecule has 0 aliphatic carbocycles. The van der Waals surface area contributed by atoms with Crippen molar-refractivity contribution in [1.29, 1.82) is 0 Å². The number of nitrogens with one attached hydrogen (secondary N) is 1. The maximum Gasteiger partial charge on any atom is 0.305 e. The smallest absolute Gasteiger partial charge is 0.305 e. The number of hydrogen-bond acceptors (Lipinski definition) is 5. The van der Waals surface area contributed by atoms with Crippen LogP contribution in [0.2, 0.25) is 0 Å². The first-order valence-electron chi connectivity index (χ1n) is 6.63. The molecule has 0 spiro atoms. The van der Waals surface area contributed by atoms with Crippen molar-refractivity contribution in [2.45, 2.75) is 17.4 Å². The van der Waals surface area contributed by atoms with Gasteiger partial charge in [0.2, 0.25) is 10.0 Å². The van der Waals surface area contributed by atoms with Crippen molar-refractivity contribution in [3.05, 3.63) is 36.4 Å².